The molecule has 2 bridgehead atoms. The SMILES string of the molecule is O=C(c1ccco1)N1[C@@H]2CC[C@@H]1CC(c1ccc(F)cc1)C2. The minimum absolute atomic E-state index is 0.00931. The zero-order chi connectivity index (χ0) is 15.1. The maximum Gasteiger partial charge on any atom is 0.290 e. The summed E-state index contributed by atoms with van der Waals surface area (Å²) in [6.07, 6.45) is 5.55. The molecule has 0 N–H and O–H groups in total. The normalized spacial score (nSPS) is 27.1. The summed E-state index contributed by atoms with van der Waals surface area (Å²) in [6.45, 7) is 0. The lowest BCUT2D eigenvalue weighted by molar-refractivity contribution is 0.0539. The van der Waals surface area contributed by atoms with Gasteiger partial charge in [0.25, 0.3) is 5.91 Å². The quantitative estimate of drug-likeness (QED) is 0.840. The summed E-state index contributed by atoms with van der Waals surface area (Å²) in [5.41, 5.74) is 1.18. The average Bonchev–Trinajstić information content (AvgIpc) is 3.14. The van der Waals surface area contributed by atoms with Crippen molar-refractivity contribution in [3.8, 4) is 0 Å². The summed E-state index contributed by atoms with van der Waals surface area (Å²) in [7, 11) is 0. The van der Waals surface area contributed by atoms with E-state index in [9.17, 15) is 9.18 Å². The van der Waals surface area contributed by atoms with Crippen LogP contribution in [0.3, 0.4) is 0 Å². The Morgan fingerprint density at radius 2 is 1.77 bits per heavy atom. The number of rotatable bonds is 2. The highest BCUT2D eigenvalue weighted by Crippen LogP contribution is 2.43. The summed E-state index contributed by atoms with van der Waals surface area (Å²) in [6, 6.07) is 10.8. The van der Waals surface area contributed by atoms with Crippen LogP contribution in [0.4, 0.5) is 4.39 Å². The van der Waals surface area contributed by atoms with Gasteiger partial charge in [0.05, 0.1) is 6.26 Å². The topological polar surface area (TPSA) is 33.5 Å². The van der Waals surface area contributed by atoms with E-state index < -0.39 is 0 Å². The van der Waals surface area contributed by atoms with Gasteiger partial charge in [-0.2, -0.15) is 0 Å². The molecule has 0 unspecified atom stereocenters. The van der Waals surface area contributed by atoms with Gasteiger partial charge in [-0.25, -0.2) is 4.39 Å². The number of benzene rings is 1. The lowest BCUT2D eigenvalue weighted by Gasteiger charge is -2.38. The van der Waals surface area contributed by atoms with Crippen molar-refractivity contribution < 1.29 is 13.6 Å². The van der Waals surface area contributed by atoms with Crippen LogP contribution in [-0.4, -0.2) is 22.9 Å². The molecule has 2 aromatic rings. The van der Waals surface area contributed by atoms with E-state index in [1.54, 1.807) is 18.4 Å². The van der Waals surface area contributed by atoms with Gasteiger partial charge >= 0.3 is 0 Å². The number of carbonyl (C=O) groups excluding carboxylic acids is 1. The van der Waals surface area contributed by atoms with Crippen LogP contribution < -0.4 is 0 Å². The van der Waals surface area contributed by atoms with E-state index in [2.05, 4.69) is 0 Å². The lowest BCUT2D eigenvalue weighted by atomic mass is 9.85. The number of furan rings is 1. The maximum atomic E-state index is 13.1. The predicted molar refractivity (Wildman–Crippen MR) is 80.1 cm³/mol. The van der Waals surface area contributed by atoms with E-state index in [1.807, 2.05) is 17.0 Å². The number of fused-ring (bicyclic) bond motifs is 2. The molecule has 114 valence electrons. The lowest BCUT2D eigenvalue weighted by Crippen LogP contribution is -2.45. The fraction of sp³-hybridized carbons (Fsp3) is 0.389. The second-order valence-electron chi connectivity index (χ2n) is 6.29. The van der Waals surface area contributed by atoms with Crippen molar-refractivity contribution in [3.05, 3.63) is 59.8 Å². The number of halogens is 1. The maximum absolute atomic E-state index is 13.1. The van der Waals surface area contributed by atoms with Crippen LogP contribution in [0, 0.1) is 5.82 Å². The molecule has 2 aliphatic rings. The minimum Gasteiger partial charge on any atom is -0.459 e. The van der Waals surface area contributed by atoms with Gasteiger partial charge in [0.15, 0.2) is 5.76 Å². The van der Waals surface area contributed by atoms with Gasteiger partial charge in [0.1, 0.15) is 5.82 Å². The largest absolute Gasteiger partial charge is 0.459 e. The van der Waals surface area contributed by atoms with Crippen molar-refractivity contribution in [1.82, 2.24) is 4.90 Å². The Hall–Kier alpha value is -2.10. The van der Waals surface area contributed by atoms with Gasteiger partial charge in [0.2, 0.25) is 0 Å². The van der Waals surface area contributed by atoms with Crippen LogP contribution in [0.15, 0.2) is 47.1 Å². The van der Waals surface area contributed by atoms with Crippen LogP contribution in [0.2, 0.25) is 0 Å². The summed E-state index contributed by atoms with van der Waals surface area (Å²) in [4.78, 5) is 14.6. The Balaban J connectivity index is 1.54. The molecule has 2 saturated heterocycles. The molecule has 3 nitrogen and oxygen atoms in total. The summed E-state index contributed by atoms with van der Waals surface area (Å²) in [5.74, 6) is 0.656. The zero-order valence-electron chi connectivity index (χ0n) is 12.2. The third kappa shape index (κ3) is 2.23. The average molecular weight is 299 g/mol. The summed E-state index contributed by atoms with van der Waals surface area (Å²) >= 11 is 0. The van der Waals surface area contributed by atoms with Crippen molar-refractivity contribution in [2.24, 2.45) is 0 Å². The van der Waals surface area contributed by atoms with Crippen molar-refractivity contribution in [1.29, 1.82) is 0 Å². The smallest absolute Gasteiger partial charge is 0.290 e. The number of amides is 1. The molecule has 0 aliphatic carbocycles. The molecule has 4 rings (SSSR count). The van der Waals surface area contributed by atoms with Crippen LogP contribution in [0.1, 0.15) is 47.7 Å². The fourth-order valence-electron chi connectivity index (χ4n) is 4.04. The summed E-state index contributed by atoms with van der Waals surface area (Å²) in [5, 5.41) is 0. The number of hydrogen-bond acceptors (Lipinski definition) is 2. The van der Waals surface area contributed by atoms with E-state index in [4.69, 9.17) is 4.42 Å². The first-order valence-electron chi connectivity index (χ1n) is 7.84. The number of nitrogens with zero attached hydrogens (tertiary/aromatic N) is 1. The molecule has 22 heavy (non-hydrogen) atoms. The van der Waals surface area contributed by atoms with Crippen LogP contribution >= 0.6 is 0 Å². The van der Waals surface area contributed by atoms with Crippen LogP contribution in [0.5, 0.6) is 0 Å². The number of hydrogen-bond donors (Lipinski definition) is 0. The van der Waals surface area contributed by atoms with E-state index in [0.29, 0.717) is 11.7 Å². The Morgan fingerprint density at radius 3 is 2.36 bits per heavy atom. The molecular weight excluding hydrogens is 281 g/mol. The van der Waals surface area contributed by atoms with Gasteiger partial charge < -0.3 is 9.32 Å². The van der Waals surface area contributed by atoms with E-state index >= 15 is 0 Å². The van der Waals surface area contributed by atoms with Gasteiger partial charge in [-0.3, -0.25) is 4.79 Å². The molecule has 3 heterocycles. The third-order valence-corrected chi connectivity index (χ3v) is 5.04. The first kappa shape index (κ1) is 13.6. The van der Waals surface area contributed by atoms with Gasteiger partial charge in [-0.05, 0) is 61.4 Å². The van der Waals surface area contributed by atoms with Crippen molar-refractivity contribution >= 4 is 5.91 Å². The minimum atomic E-state index is -0.197. The van der Waals surface area contributed by atoms with Gasteiger partial charge in [-0.15, -0.1) is 0 Å². The van der Waals surface area contributed by atoms with Crippen molar-refractivity contribution in [2.75, 3.05) is 0 Å². The van der Waals surface area contributed by atoms with E-state index in [1.165, 1.54) is 17.7 Å². The monoisotopic (exact) mass is 299 g/mol. The van der Waals surface area contributed by atoms with E-state index in [-0.39, 0.29) is 23.8 Å². The Morgan fingerprint density at radius 1 is 1.09 bits per heavy atom. The van der Waals surface area contributed by atoms with Gasteiger partial charge in [-0.1, -0.05) is 12.1 Å². The molecule has 1 amide bonds. The predicted octanol–water partition coefficient (Wildman–Crippen LogP) is 3.97. The molecule has 2 aliphatic heterocycles. The zero-order valence-corrected chi connectivity index (χ0v) is 12.2. The molecule has 0 saturated carbocycles. The van der Waals surface area contributed by atoms with Crippen LogP contribution in [-0.2, 0) is 0 Å². The molecule has 4 heteroatoms. The number of piperidine rings is 1. The standard InChI is InChI=1S/C18H18FNO2/c19-14-5-3-12(4-6-14)13-10-15-7-8-16(11-13)20(15)18(21)17-2-1-9-22-17/h1-6,9,13,15-16H,7-8,10-11H2/t15-,16-/m1/s1. The first-order chi connectivity index (χ1) is 10.7. The molecule has 2 fully saturated rings. The fourth-order valence-corrected chi connectivity index (χ4v) is 4.04. The summed E-state index contributed by atoms with van der Waals surface area (Å²) < 4.78 is 18.3. The Kier molecular flexibility index (Phi) is 3.25. The second-order valence-corrected chi connectivity index (χ2v) is 6.29. The Labute approximate surface area is 128 Å². The second kappa shape index (κ2) is 5.27. The number of carbonyl (C=O) groups is 1. The van der Waals surface area contributed by atoms with Crippen molar-refractivity contribution in [2.45, 2.75) is 43.7 Å². The first-order valence-corrected chi connectivity index (χ1v) is 7.84. The van der Waals surface area contributed by atoms with Crippen LogP contribution in [0.25, 0.3) is 0 Å². The highest BCUT2D eigenvalue weighted by molar-refractivity contribution is 5.92. The highest BCUT2D eigenvalue weighted by atomic mass is 19.1. The molecule has 0 radical (unpaired) electrons. The van der Waals surface area contributed by atoms with Crippen molar-refractivity contribution in [3.63, 3.8) is 0 Å². The molecule has 2 atom stereocenters. The molecule has 1 aromatic carbocycles. The molecular formula is C18H18FNO2. The van der Waals surface area contributed by atoms with E-state index in [0.717, 1.165) is 25.7 Å². The Bertz CT molecular complexity index is 651. The third-order valence-electron chi connectivity index (χ3n) is 5.04. The highest BCUT2D eigenvalue weighted by Gasteiger charge is 2.44. The molecule has 0 spiro atoms. The molecule has 1 aromatic heterocycles. The van der Waals surface area contributed by atoms with Gasteiger partial charge in [0, 0.05) is 12.1 Å².